The number of benzene rings is 1. The molecule has 8 heteroatoms. The lowest BCUT2D eigenvalue weighted by Gasteiger charge is -2.33. The van der Waals surface area contributed by atoms with Crippen molar-refractivity contribution in [2.45, 2.75) is 27.2 Å². The molecule has 2 aliphatic heterocycles. The van der Waals surface area contributed by atoms with Gasteiger partial charge in [0, 0.05) is 38.0 Å². The van der Waals surface area contributed by atoms with Gasteiger partial charge in [0.2, 0.25) is 5.96 Å². The van der Waals surface area contributed by atoms with Crippen LogP contribution in [0.15, 0.2) is 33.8 Å². The summed E-state index contributed by atoms with van der Waals surface area (Å²) in [4.78, 5) is 22.8. The van der Waals surface area contributed by atoms with E-state index in [1.54, 1.807) is 0 Å². The molecule has 3 heterocycles. The molecule has 1 aromatic carbocycles. The topological polar surface area (TPSA) is 78.2 Å². The molecule has 2 aromatic rings. The minimum atomic E-state index is 0.324. The summed E-state index contributed by atoms with van der Waals surface area (Å²) in [7, 11) is 2.14. The maximum Gasteiger partial charge on any atom is 0.325 e. The molecule has 0 saturated carbocycles. The lowest BCUT2D eigenvalue weighted by Crippen LogP contribution is -2.44. The number of hydrogen-bond donors (Lipinski definition) is 1. The van der Waals surface area contributed by atoms with Crippen LogP contribution in [0.1, 0.15) is 30.5 Å². The first-order valence-corrected chi connectivity index (χ1v) is 11.1. The molecule has 32 heavy (non-hydrogen) atoms. The number of aromatic nitrogens is 2. The van der Waals surface area contributed by atoms with Gasteiger partial charge in [-0.25, -0.2) is 9.98 Å². The number of nitrogens with zero attached hydrogens (tertiary/aromatic N) is 6. The van der Waals surface area contributed by atoms with Gasteiger partial charge in [0.15, 0.2) is 0 Å². The highest BCUT2D eigenvalue weighted by Crippen LogP contribution is 2.35. The van der Waals surface area contributed by atoms with Crippen molar-refractivity contribution in [1.82, 2.24) is 14.9 Å². The van der Waals surface area contributed by atoms with E-state index in [4.69, 9.17) is 9.72 Å². The van der Waals surface area contributed by atoms with Crippen LogP contribution < -0.4 is 15.0 Å². The molecule has 5 rings (SSSR count). The molecule has 0 spiro atoms. The Bertz CT molecular complexity index is 1140. The van der Waals surface area contributed by atoms with Gasteiger partial charge < -0.3 is 19.9 Å². The number of allylic oxidation sites excluding steroid dienone is 1. The van der Waals surface area contributed by atoms with Crippen molar-refractivity contribution >= 4 is 29.4 Å². The van der Waals surface area contributed by atoms with Crippen molar-refractivity contribution in [3.63, 3.8) is 0 Å². The highest BCUT2D eigenvalue weighted by Gasteiger charge is 2.20. The molecule has 0 radical (unpaired) electrons. The Labute approximate surface area is 188 Å². The molecule has 1 aromatic heterocycles. The van der Waals surface area contributed by atoms with Gasteiger partial charge in [-0.2, -0.15) is 9.97 Å². The third-order valence-electron chi connectivity index (χ3n) is 6.13. The van der Waals surface area contributed by atoms with Gasteiger partial charge in [-0.15, -0.1) is 0 Å². The molecule has 1 saturated heterocycles. The molecule has 8 nitrogen and oxygen atoms in total. The van der Waals surface area contributed by atoms with E-state index in [9.17, 15) is 0 Å². The Morgan fingerprint density at radius 2 is 1.84 bits per heavy atom. The van der Waals surface area contributed by atoms with Crippen LogP contribution in [0.4, 0.5) is 11.6 Å². The number of likely N-dealkylation sites (N-methyl/N-ethyl adjacent to an activating group) is 1. The second-order valence-electron chi connectivity index (χ2n) is 8.83. The number of nitrogens with one attached hydrogen (secondary N) is 1. The maximum atomic E-state index is 6.24. The summed E-state index contributed by atoms with van der Waals surface area (Å²) in [6.45, 7) is 10.6. The summed E-state index contributed by atoms with van der Waals surface area (Å²) < 4.78 is 6.24. The highest BCUT2D eigenvalue weighted by atomic mass is 16.5. The number of hydrogen-bond acceptors (Lipinski definition) is 8. The van der Waals surface area contributed by atoms with E-state index in [0.717, 1.165) is 55.4 Å². The quantitative estimate of drug-likeness (QED) is 0.798. The molecular formula is C24H29N7O. The van der Waals surface area contributed by atoms with Gasteiger partial charge >= 0.3 is 6.01 Å². The predicted molar refractivity (Wildman–Crippen MR) is 129 cm³/mol. The van der Waals surface area contributed by atoms with Crippen LogP contribution in [-0.2, 0) is 6.42 Å². The van der Waals surface area contributed by atoms with E-state index in [-0.39, 0.29) is 0 Å². The van der Waals surface area contributed by atoms with Crippen LogP contribution in [0, 0.1) is 6.92 Å². The van der Waals surface area contributed by atoms with Crippen molar-refractivity contribution in [3.8, 4) is 11.8 Å². The molecule has 0 unspecified atom stereocenters. The average molecular weight is 432 g/mol. The molecule has 3 aliphatic rings. The highest BCUT2D eigenvalue weighted by molar-refractivity contribution is 6.07. The molecule has 1 aliphatic carbocycles. The van der Waals surface area contributed by atoms with Crippen molar-refractivity contribution in [3.05, 3.63) is 40.5 Å². The number of aliphatic imine (C=N–C) groups is 2. The predicted octanol–water partition coefficient (Wildman–Crippen LogP) is 3.53. The van der Waals surface area contributed by atoms with E-state index in [0.29, 0.717) is 24.3 Å². The minimum absolute atomic E-state index is 0.324. The Balaban J connectivity index is 1.46. The molecule has 0 amide bonds. The van der Waals surface area contributed by atoms with Gasteiger partial charge in [-0.3, -0.25) is 0 Å². The number of fused-ring (bicyclic) bond motifs is 1. The van der Waals surface area contributed by atoms with Crippen LogP contribution in [0.25, 0.3) is 6.08 Å². The minimum Gasteiger partial charge on any atom is -0.424 e. The van der Waals surface area contributed by atoms with E-state index < -0.39 is 0 Å². The van der Waals surface area contributed by atoms with Gasteiger partial charge in [-0.05, 0) is 57.0 Å². The lowest BCUT2D eigenvalue weighted by atomic mass is 10.0. The van der Waals surface area contributed by atoms with Crippen molar-refractivity contribution in [2.75, 3.05) is 50.0 Å². The summed E-state index contributed by atoms with van der Waals surface area (Å²) in [5.74, 6) is 2.84. The Kier molecular flexibility index (Phi) is 5.38. The summed E-state index contributed by atoms with van der Waals surface area (Å²) in [6, 6.07) is 6.43. The number of piperazine rings is 1. The number of rotatable bonds is 4. The Hall–Kier alpha value is -3.26. The first-order valence-electron chi connectivity index (χ1n) is 11.1. The molecule has 1 fully saturated rings. The zero-order valence-corrected chi connectivity index (χ0v) is 19.1. The van der Waals surface area contributed by atoms with Gasteiger partial charge in [0.1, 0.15) is 17.4 Å². The third kappa shape index (κ3) is 4.23. The van der Waals surface area contributed by atoms with E-state index in [1.165, 1.54) is 16.7 Å². The summed E-state index contributed by atoms with van der Waals surface area (Å²) in [5, 5.41) is 3.23. The first-order chi connectivity index (χ1) is 15.4. The normalized spacial score (nSPS) is 18.2. The number of ether oxygens (including phenoxy) is 1. The fraction of sp³-hybridized carbons (Fsp3) is 0.417. The molecule has 166 valence electrons. The van der Waals surface area contributed by atoms with Gasteiger partial charge in [-0.1, -0.05) is 17.7 Å². The summed E-state index contributed by atoms with van der Waals surface area (Å²) >= 11 is 0. The van der Waals surface area contributed by atoms with Crippen molar-refractivity contribution in [1.29, 1.82) is 0 Å². The molecule has 0 atom stereocenters. The van der Waals surface area contributed by atoms with Crippen LogP contribution in [0.2, 0.25) is 0 Å². The van der Waals surface area contributed by atoms with E-state index in [2.05, 4.69) is 63.1 Å². The Morgan fingerprint density at radius 3 is 2.59 bits per heavy atom. The number of anilines is 2. The smallest absolute Gasteiger partial charge is 0.325 e. The third-order valence-corrected chi connectivity index (χ3v) is 6.13. The van der Waals surface area contributed by atoms with Crippen molar-refractivity contribution in [2.24, 2.45) is 9.98 Å². The molecule has 0 bridgehead atoms. The Morgan fingerprint density at radius 1 is 1.03 bits per heavy atom. The fourth-order valence-corrected chi connectivity index (χ4v) is 4.27. The molecule has 1 N–H and O–H groups in total. The maximum absolute atomic E-state index is 6.24. The summed E-state index contributed by atoms with van der Waals surface area (Å²) in [6.07, 6.45) is 3.24. The monoisotopic (exact) mass is 431 g/mol. The first kappa shape index (κ1) is 20.6. The van der Waals surface area contributed by atoms with Crippen LogP contribution in [0.3, 0.4) is 0 Å². The zero-order chi connectivity index (χ0) is 22.2. The lowest BCUT2D eigenvalue weighted by molar-refractivity contribution is 0.311. The standard InChI is InChI=1S/C24H29N7O/c1-15-11-18-5-6-20(17(3)19(18)12-15)32-24-28-21(27-23-25-14-16(2)26-23)13-22(29-24)31-9-7-30(4)8-10-31/h5-6,12-13H,7-11,14H2,1-4H3,(H,25,27,28,29). The fourth-order valence-electron chi connectivity index (χ4n) is 4.27. The zero-order valence-electron chi connectivity index (χ0n) is 19.1. The average Bonchev–Trinajstić information content (AvgIpc) is 3.35. The SMILES string of the molecule is CC1=Cc2c(ccc(Oc3nc(NC4=NCC(C)=N4)cc(N4CCN(C)CC4)n3)c2C)C1. The second kappa shape index (κ2) is 8.35. The van der Waals surface area contributed by atoms with E-state index >= 15 is 0 Å². The second-order valence-corrected chi connectivity index (χ2v) is 8.83. The van der Waals surface area contributed by atoms with Crippen LogP contribution >= 0.6 is 0 Å². The molecular weight excluding hydrogens is 402 g/mol. The van der Waals surface area contributed by atoms with Gasteiger partial charge in [0.05, 0.1) is 6.54 Å². The number of guanidine groups is 1. The van der Waals surface area contributed by atoms with E-state index in [1.807, 2.05) is 19.1 Å². The van der Waals surface area contributed by atoms with Crippen LogP contribution in [0.5, 0.6) is 11.8 Å². The summed E-state index contributed by atoms with van der Waals surface area (Å²) in [5.41, 5.74) is 6.05. The van der Waals surface area contributed by atoms with Gasteiger partial charge in [0.25, 0.3) is 0 Å². The largest absolute Gasteiger partial charge is 0.424 e. The van der Waals surface area contributed by atoms with Crippen molar-refractivity contribution < 1.29 is 4.74 Å². The van der Waals surface area contributed by atoms with Crippen LogP contribution in [-0.4, -0.2) is 66.3 Å².